The second-order valence-electron chi connectivity index (χ2n) is 6.55. The first-order valence-corrected chi connectivity index (χ1v) is 7.62. The predicted octanol–water partition coefficient (Wildman–Crippen LogP) is 3.87. The van der Waals surface area contributed by atoms with Crippen LogP contribution < -0.4 is 0 Å². The van der Waals surface area contributed by atoms with Crippen LogP contribution in [0.25, 0.3) is 6.08 Å². The summed E-state index contributed by atoms with van der Waals surface area (Å²) >= 11 is 0. The summed E-state index contributed by atoms with van der Waals surface area (Å²) in [6.07, 6.45) is 4.67. The van der Waals surface area contributed by atoms with Crippen LogP contribution in [0, 0.1) is 5.92 Å². The summed E-state index contributed by atoms with van der Waals surface area (Å²) in [7, 11) is 0. The minimum atomic E-state index is -0.582. The van der Waals surface area contributed by atoms with Crippen molar-refractivity contribution in [2.45, 2.75) is 39.2 Å². The van der Waals surface area contributed by atoms with Crippen LogP contribution in [-0.4, -0.2) is 29.0 Å². The van der Waals surface area contributed by atoms with Crippen LogP contribution in [0.2, 0.25) is 0 Å². The van der Waals surface area contributed by atoms with E-state index < -0.39 is 11.7 Å². The number of benzene rings is 1. The number of likely N-dealkylation sites (tertiary alicyclic amines) is 1. The van der Waals surface area contributed by atoms with Gasteiger partial charge in [0.2, 0.25) is 5.91 Å². The van der Waals surface area contributed by atoms with Crippen molar-refractivity contribution in [3.8, 4) is 0 Å². The maximum atomic E-state index is 12.1. The van der Waals surface area contributed by atoms with Crippen molar-refractivity contribution < 1.29 is 14.3 Å². The van der Waals surface area contributed by atoms with E-state index in [-0.39, 0.29) is 11.8 Å². The van der Waals surface area contributed by atoms with Gasteiger partial charge in [0.1, 0.15) is 5.60 Å². The Hall–Kier alpha value is -2.10. The number of piperidine rings is 1. The summed E-state index contributed by atoms with van der Waals surface area (Å²) in [5.74, 6) is 0.00889. The first-order valence-electron chi connectivity index (χ1n) is 7.62. The lowest BCUT2D eigenvalue weighted by molar-refractivity contribution is -0.133. The Kier molecular flexibility index (Phi) is 5.01. The summed E-state index contributed by atoms with van der Waals surface area (Å²) in [5.41, 5.74) is 0.533. The van der Waals surface area contributed by atoms with E-state index in [2.05, 4.69) is 6.08 Å². The fraction of sp³-hybridized carbons (Fsp3) is 0.444. The van der Waals surface area contributed by atoms with E-state index in [0.29, 0.717) is 13.0 Å². The number of amides is 2. The third kappa shape index (κ3) is 4.72. The third-order valence-corrected chi connectivity index (χ3v) is 3.44. The molecule has 1 fully saturated rings. The molecule has 1 aliphatic rings. The fourth-order valence-corrected chi connectivity index (χ4v) is 2.34. The van der Waals surface area contributed by atoms with Crippen molar-refractivity contribution in [2.24, 2.45) is 5.92 Å². The molecule has 0 N–H and O–H groups in total. The molecule has 1 aromatic rings. The minimum absolute atomic E-state index is 0.164. The number of carbonyl (C=O) groups excluding carboxylic acids is 2. The van der Waals surface area contributed by atoms with Gasteiger partial charge in [0, 0.05) is 13.0 Å². The van der Waals surface area contributed by atoms with E-state index in [1.54, 1.807) is 20.8 Å². The second kappa shape index (κ2) is 6.77. The summed E-state index contributed by atoms with van der Waals surface area (Å²) < 4.78 is 5.26. The molecule has 2 rings (SSSR count). The van der Waals surface area contributed by atoms with Gasteiger partial charge in [-0.3, -0.25) is 4.79 Å². The van der Waals surface area contributed by atoms with Crippen molar-refractivity contribution >= 4 is 18.1 Å². The van der Waals surface area contributed by atoms with Crippen molar-refractivity contribution in [3.05, 3.63) is 42.0 Å². The molecule has 0 unspecified atom stereocenters. The van der Waals surface area contributed by atoms with Gasteiger partial charge in [0.05, 0.1) is 0 Å². The van der Waals surface area contributed by atoms with Gasteiger partial charge in [0.15, 0.2) is 0 Å². The molecule has 2 amide bonds. The van der Waals surface area contributed by atoms with Crippen molar-refractivity contribution in [2.75, 3.05) is 6.54 Å². The lowest BCUT2D eigenvalue weighted by Gasteiger charge is -2.31. The summed E-state index contributed by atoms with van der Waals surface area (Å²) in [5, 5.41) is 0. The number of ether oxygens (including phenoxy) is 1. The average molecular weight is 301 g/mol. The summed E-state index contributed by atoms with van der Waals surface area (Å²) in [6, 6.07) is 9.98. The van der Waals surface area contributed by atoms with Crippen LogP contribution in [0.15, 0.2) is 36.4 Å². The number of rotatable bonds is 2. The van der Waals surface area contributed by atoms with Gasteiger partial charge in [-0.05, 0) is 38.7 Å². The van der Waals surface area contributed by atoms with E-state index in [0.717, 1.165) is 12.0 Å². The maximum Gasteiger partial charge on any atom is 0.417 e. The number of hydrogen-bond donors (Lipinski definition) is 0. The molecule has 1 aromatic carbocycles. The summed E-state index contributed by atoms with van der Waals surface area (Å²) in [6.45, 7) is 5.80. The lowest BCUT2D eigenvalue weighted by Crippen LogP contribution is -2.45. The van der Waals surface area contributed by atoms with Gasteiger partial charge in [-0.2, -0.15) is 0 Å². The molecule has 0 aliphatic carbocycles. The zero-order chi connectivity index (χ0) is 16.2. The van der Waals surface area contributed by atoms with E-state index in [1.165, 1.54) is 4.90 Å². The monoisotopic (exact) mass is 301 g/mol. The first kappa shape index (κ1) is 16.3. The Balaban J connectivity index is 1.91. The molecule has 4 nitrogen and oxygen atoms in total. The normalized spacial score (nSPS) is 19.5. The van der Waals surface area contributed by atoms with Crippen LogP contribution in [0.5, 0.6) is 0 Å². The maximum absolute atomic E-state index is 12.1. The molecule has 0 bridgehead atoms. The van der Waals surface area contributed by atoms with Gasteiger partial charge in [0.25, 0.3) is 0 Å². The number of nitrogens with zero attached hydrogens (tertiary/aromatic N) is 1. The molecule has 4 heteroatoms. The van der Waals surface area contributed by atoms with Gasteiger partial charge in [-0.25, -0.2) is 9.69 Å². The van der Waals surface area contributed by atoms with Crippen molar-refractivity contribution in [1.82, 2.24) is 4.90 Å². The fourth-order valence-electron chi connectivity index (χ4n) is 2.34. The van der Waals surface area contributed by atoms with Gasteiger partial charge >= 0.3 is 6.09 Å². The lowest BCUT2D eigenvalue weighted by atomic mass is 9.95. The van der Waals surface area contributed by atoms with Crippen LogP contribution in [0.3, 0.4) is 0 Å². The number of carbonyl (C=O) groups is 2. The highest BCUT2D eigenvalue weighted by Gasteiger charge is 2.31. The predicted molar refractivity (Wildman–Crippen MR) is 86.1 cm³/mol. The van der Waals surface area contributed by atoms with Crippen molar-refractivity contribution in [1.29, 1.82) is 0 Å². The Labute approximate surface area is 131 Å². The van der Waals surface area contributed by atoms with Gasteiger partial charge in [-0.15, -0.1) is 0 Å². The Morgan fingerprint density at radius 3 is 2.55 bits per heavy atom. The molecule has 0 spiro atoms. The number of allylic oxidation sites excluding steroid dienone is 1. The molecule has 0 aromatic heterocycles. The molecule has 0 saturated carbocycles. The largest absolute Gasteiger partial charge is 0.443 e. The van der Waals surface area contributed by atoms with Crippen LogP contribution in [0.4, 0.5) is 4.79 Å². The SMILES string of the molecule is CC(C)(C)OC(=O)N1CC[C@@H](/C=C/c2ccccc2)CC1=O. The van der Waals surface area contributed by atoms with E-state index in [4.69, 9.17) is 4.74 Å². The highest BCUT2D eigenvalue weighted by atomic mass is 16.6. The second-order valence-corrected chi connectivity index (χ2v) is 6.55. The standard InChI is InChI=1S/C18H23NO3/c1-18(2,3)22-17(21)19-12-11-15(13-16(19)20)10-9-14-7-5-4-6-8-14/h4-10,15H,11-13H2,1-3H3/b10-9+/t15-/m1/s1. The Morgan fingerprint density at radius 2 is 1.95 bits per heavy atom. The smallest absolute Gasteiger partial charge is 0.417 e. The average Bonchev–Trinajstić information content (AvgIpc) is 2.44. The zero-order valence-electron chi connectivity index (χ0n) is 13.4. The molecule has 22 heavy (non-hydrogen) atoms. The van der Waals surface area contributed by atoms with E-state index >= 15 is 0 Å². The van der Waals surface area contributed by atoms with Gasteiger partial charge < -0.3 is 4.74 Å². The van der Waals surface area contributed by atoms with Crippen LogP contribution in [-0.2, 0) is 9.53 Å². The molecular formula is C18H23NO3. The highest BCUT2D eigenvalue weighted by Crippen LogP contribution is 2.22. The Morgan fingerprint density at radius 1 is 1.27 bits per heavy atom. The zero-order valence-corrected chi connectivity index (χ0v) is 13.4. The quantitative estimate of drug-likeness (QED) is 0.833. The van der Waals surface area contributed by atoms with Crippen molar-refractivity contribution in [3.63, 3.8) is 0 Å². The van der Waals surface area contributed by atoms with E-state index in [1.807, 2.05) is 36.4 Å². The molecule has 0 radical (unpaired) electrons. The number of imide groups is 1. The molecule has 1 saturated heterocycles. The molecule has 1 aliphatic heterocycles. The van der Waals surface area contributed by atoms with E-state index in [9.17, 15) is 9.59 Å². The Bertz CT molecular complexity index is 557. The number of hydrogen-bond acceptors (Lipinski definition) is 3. The topological polar surface area (TPSA) is 46.6 Å². The highest BCUT2D eigenvalue weighted by molar-refractivity contribution is 5.92. The third-order valence-electron chi connectivity index (χ3n) is 3.44. The van der Waals surface area contributed by atoms with Crippen LogP contribution >= 0.6 is 0 Å². The van der Waals surface area contributed by atoms with Crippen LogP contribution in [0.1, 0.15) is 39.2 Å². The molecule has 1 heterocycles. The molecule has 118 valence electrons. The first-order chi connectivity index (χ1) is 10.3. The molecular weight excluding hydrogens is 278 g/mol. The minimum Gasteiger partial charge on any atom is -0.443 e. The van der Waals surface area contributed by atoms with Gasteiger partial charge in [-0.1, -0.05) is 42.5 Å². The molecule has 1 atom stereocenters. The summed E-state index contributed by atoms with van der Waals surface area (Å²) in [4.78, 5) is 25.3.